The molecule has 0 aliphatic rings. The number of benzene rings is 3. The highest BCUT2D eigenvalue weighted by Crippen LogP contribution is 2.36. The van der Waals surface area contributed by atoms with Crippen LogP contribution in [0, 0.1) is 12.8 Å². The van der Waals surface area contributed by atoms with Gasteiger partial charge in [0.1, 0.15) is 24.1 Å². The predicted molar refractivity (Wildman–Crippen MR) is 170 cm³/mol. The Morgan fingerprint density at radius 1 is 0.930 bits per heavy atom. The van der Waals surface area contributed by atoms with Gasteiger partial charge < -0.3 is 19.7 Å². The van der Waals surface area contributed by atoms with Gasteiger partial charge in [-0.15, -0.1) is 0 Å². The first-order valence-electron chi connectivity index (χ1n) is 13.6. The molecule has 0 radical (unpaired) electrons. The van der Waals surface area contributed by atoms with Crippen LogP contribution in [0.3, 0.4) is 0 Å². The molecule has 0 aromatic heterocycles. The summed E-state index contributed by atoms with van der Waals surface area (Å²) in [7, 11) is -1.47. The Bertz CT molecular complexity index is 1530. The summed E-state index contributed by atoms with van der Waals surface area (Å²) in [6.07, 6.45) is 0. The Morgan fingerprint density at radius 3 is 2.12 bits per heavy atom. The lowest BCUT2D eigenvalue weighted by atomic mass is 10.1. The number of ether oxygens (including phenoxy) is 2. The zero-order valence-corrected chi connectivity index (χ0v) is 27.4. The fourth-order valence-corrected chi connectivity index (χ4v) is 6.16. The van der Waals surface area contributed by atoms with Crippen molar-refractivity contribution in [2.24, 2.45) is 5.92 Å². The second-order valence-corrected chi connectivity index (χ2v) is 13.1. The number of nitrogens with zero attached hydrogens (tertiary/aromatic N) is 2. The molecule has 0 unspecified atom stereocenters. The maximum Gasteiger partial charge on any atom is 0.264 e. The lowest BCUT2D eigenvalue weighted by Gasteiger charge is -2.33. The van der Waals surface area contributed by atoms with Crippen molar-refractivity contribution in [2.45, 2.75) is 45.2 Å². The largest absolute Gasteiger partial charge is 0.497 e. The SMILES string of the molecule is COc1ccc(OC)c(N(CC(=O)N(Cc2c(Cl)cccc2Cl)[C@@H](C)C(=O)NCC(C)C)S(=O)(=O)c2ccc(C)cc2)c1. The van der Waals surface area contributed by atoms with Gasteiger partial charge in [0, 0.05) is 34.8 Å². The molecule has 3 aromatic carbocycles. The van der Waals surface area contributed by atoms with Crippen LogP contribution in [0.25, 0.3) is 0 Å². The lowest BCUT2D eigenvalue weighted by Crippen LogP contribution is -2.51. The number of hydrogen-bond acceptors (Lipinski definition) is 6. The average molecular weight is 651 g/mol. The van der Waals surface area contributed by atoms with Gasteiger partial charge in [0.15, 0.2) is 0 Å². The number of carbonyl (C=O) groups is 2. The standard InChI is InChI=1S/C31H37Cl2N3O6S/c1-20(2)17-34-31(38)22(4)35(18-25-26(32)8-7-9-27(25)33)30(37)19-36(28-16-23(41-5)12-15-29(28)42-6)43(39,40)24-13-10-21(3)11-14-24/h7-16,20,22H,17-19H2,1-6H3,(H,34,38)/t22-/m0/s1. The molecule has 1 atom stereocenters. The van der Waals surface area contributed by atoms with Crippen LogP contribution in [0.4, 0.5) is 5.69 Å². The molecule has 232 valence electrons. The number of methoxy groups -OCH3 is 2. The van der Waals surface area contributed by atoms with Gasteiger partial charge in [0.05, 0.1) is 24.8 Å². The third-order valence-corrected chi connectivity index (χ3v) is 9.27. The van der Waals surface area contributed by atoms with Crippen molar-refractivity contribution < 1.29 is 27.5 Å². The van der Waals surface area contributed by atoms with Crippen LogP contribution in [0.1, 0.15) is 31.9 Å². The maximum absolute atomic E-state index is 14.2. The van der Waals surface area contributed by atoms with E-state index in [-0.39, 0.29) is 28.8 Å². The number of sulfonamides is 1. The number of hydrogen-bond donors (Lipinski definition) is 1. The summed E-state index contributed by atoms with van der Waals surface area (Å²) in [6.45, 7) is 6.91. The minimum atomic E-state index is -4.32. The third kappa shape index (κ3) is 8.34. The quantitative estimate of drug-likeness (QED) is 0.255. The van der Waals surface area contributed by atoms with E-state index in [2.05, 4.69) is 5.32 Å². The average Bonchev–Trinajstić information content (AvgIpc) is 2.97. The highest BCUT2D eigenvalue weighted by atomic mass is 35.5. The number of anilines is 1. The number of carbonyl (C=O) groups excluding carboxylic acids is 2. The summed E-state index contributed by atoms with van der Waals surface area (Å²) < 4.78 is 40.1. The van der Waals surface area contributed by atoms with Crippen LogP contribution in [0.15, 0.2) is 65.6 Å². The third-order valence-electron chi connectivity index (χ3n) is 6.78. The van der Waals surface area contributed by atoms with Crippen molar-refractivity contribution in [3.63, 3.8) is 0 Å². The molecule has 0 bridgehead atoms. The summed E-state index contributed by atoms with van der Waals surface area (Å²) in [5, 5.41) is 3.45. The molecule has 9 nitrogen and oxygen atoms in total. The first-order valence-corrected chi connectivity index (χ1v) is 15.8. The van der Waals surface area contributed by atoms with E-state index in [0.29, 0.717) is 27.9 Å². The van der Waals surface area contributed by atoms with E-state index in [1.807, 2.05) is 20.8 Å². The second-order valence-electron chi connectivity index (χ2n) is 10.4. The molecule has 0 aliphatic heterocycles. The number of rotatable bonds is 13. The van der Waals surface area contributed by atoms with Crippen LogP contribution in [0.2, 0.25) is 10.0 Å². The lowest BCUT2D eigenvalue weighted by molar-refractivity contribution is -0.139. The highest BCUT2D eigenvalue weighted by Gasteiger charge is 2.34. The predicted octanol–water partition coefficient (Wildman–Crippen LogP) is 5.70. The number of aryl methyl sites for hydroxylation is 1. The summed E-state index contributed by atoms with van der Waals surface area (Å²) >= 11 is 12.9. The van der Waals surface area contributed by atoms with E-state index < -0.39 is 34.4 Å². The minimum Gasteiger partial charge on any atom is -0.497 e. The summed E-state index contributed by atoms with van der Waals surface area (Å²) in [6, 6.07) is 14.9. The van der Waals surface area contributed by atoms with Crippen LogP contribution in [0.5, 0.6) is 11.5 Å². The van der Waals surface area contributed by atoms with Gasteiger partial charge in [0.25, 0.3) is 10.0 Å². The first-order chi connectivity index (χ1) is 20.3. The van der Waals surface area contributed by atoms with Crippen molar-refractivity contribution in [1.82, 2.24) is 10.2 Å². The van der Waals surface area contributed by atoms with Crippen molar-refractivity contribution in [2.75, 3.05) is 31.6 Å². The molecule has 43 heavy (non-hydrogen) atoms. The van der Waals surface area contributed by atoms with Crippen LogP contribution < -0.4 is 19.1 Å². The minimum absolute atomic E-state index is 0.0285. The van der Waals surface area contributed by atoms with E-state index in [4.69, 9.17) is 32.7 Å². The molecule has 1 N–H and O–H groups in total. The van der Waals surface area contributed by atoms with Gasteiger partial charge >= 0.3 is 0 Å². The van der Waals surface area contributed by atoms with E-state index in [1.54, 1.807) is 49.4 Å². The van der Waals surface area contributed by atoms with Crippen molar-refractivity contribution >= 4 is 50.7 Å². The van der Waals surface area contributed by atoms with E-state index in [0.717, 1.165) is 9.87 Å². The molecule has 0 saturated carbocycles. The summed E-state index contributed by atoms with van der Waals surface area (Å²) in [5.74, 6) is -0.337. The number of halogens is 2. The van der Waals surface area contributed by atoms with Gasteiger partial charge in [-0.3, -0.25) is 13.9 Å². The molecule has 3 rings (SSSR count). The van der Waals surface area contributed by atoms with Crippen molar-refractivity contribution in [3.8, 4) is 11.5 Å². The fourth-order valence-electron chi connectivity index (χ4n) is 4.23. The molecule has 12 heteroatoms. The van der Waals surface area contributed by atoms with Gasteiger partial charge in [0.2, 0.25) is 11.8 Å². The van der Waals surface area contributed by atoms with Crippen molar-refractivity contribution in [3.05, 3.63) is 81.8 Å². The van der Waals surface area contributed by atoms with Gasteiger partial charge in [-0.25, -0.2) is 8.42 Å². The number of amides is 2. The van der Waals surface area contributed by atoms with E-state index in [9.17, 15) is 18.0 Å². The molecule has 0 saturated heterocycles. The van der Waals surface area contributed by atoms with Crippen molar-refractivity contribution in [1.29, 1.82) is 0 Å². The Hall–Kier alpha value is -3.47. The topological polar surface area (TPSA) is 105 Å². The number of nitrogens with one attached hydrogen (secondary N) is 1. The fraction of sp³-hybridized carbons (Fsp3) is 0.355. The Labute approximate surface area is 263 Å². The van der Waals surface area contributed by atoms with E-state index in [1.165, 1.54) is 37.3 Å². The molecule has 0 heterocycles. The van der Waals surface area contributed by atoms with Gasteiger partial charge in [-0.1, -0.05) is 60.8 Å². The van der Waals surface area contributed by atoms with Crippen LogP contribution >= 0.6 is 23.2 Å². The van der Waals surface area contributed by atoms with Crippen LogP contribution in [-0.4, -0.2) is 58.5 Å². The zero-order valence-electron chi connectivity index (χ0n) is 25.1. The molecular formula is C31H37Cl2N3O6S. The maximum atomic E-state index is 14.2. The van der Waals surface area contributed by atoms with E-state index >= 15 is 0 Å². The Morgan fingerprint density at radius 2 is 1.56 bits per heavy atom. The smallest absolute Gasteiger partial charge is 0.264 e. The van der Waals surface area contributed by atoms with Gasteiger partial charge in [-0.05, 0) is 56.2 Å². The molecule has 0 spiro atoms. The van der Waals surface area contributed by atoms with Gasteiger partial charge in [-0.2, -0.15) is 0 Å². The Kier molecular flexibility index (Phi) is 11.7. The molecule has 0 aliphatic carbocycles. The zero-order chi connectivity index (χ0) is 31.9. The Balaban J connectivity index is 2.14. The molecular weight excluding hydrogens is 613 g/mol. The monoisotopic (exact) mass is 649 g/mol. The first kappa shape index (κ1) is 34.0. The normalized spacial score (nSPS) is 12.0. The summed E-state index contributed by atoms with van der Waals surface area (Å²) in [4.78, 5) is 28.7. The highest BCUT2D eigenvalue weighted by molar-refractivity contribution is 7.92. The molecule has 0 fully saturated rings. The molecule has 3 aromatic rings. The second kappa shape index (κ2) is 14.8. The molecule has 2 amide bonds. The van der Waals surface area contributed by atoms with Crippen LogP contribution in [-0.2, 0) is 26.2 Å². The summed E-state index contributed by atoms with van der Waals surface area (Å²) in [5.41, 5.74) is 1.38.